The molecule has 0 atom stereocenters. The molecule has 1 aromatic rings. The predicted octanol–water partition coefficient (Wildman–Crippen LogP) is 0.403. The van der Waals surface area contributed by atoms with E-state index in [1.165, 1.54) is 10.6 Å². The van der Waals surface area contributed by atoms with Crippen molar-refractivity contribution in [3.05, 3.63) is 23.5 Å². The molecular weight excluding hydrogens is 350 g/mol. The van der Waals surface area contributed by atoms with Gasteiger partial charge in [0.1, 0.15) is 30.1 Å². The summed E-state index contributed by atoms with van der Waals surface area (Å²) in [5.74, 6) is 0.150. The number of hydrogen-bond donors (Lipinski definition) is 0. The fraction of sp³-hybridized carbons (Fsp3) is 0.600. The summed E-state index contributed by atoms with van der Waals surface area (Å²) in [7, 11) is -3.71. The Kier molecular flexibility index (Phi) is 5.00. The summed E-state index contributed by atoms with van der Waals surface area (Å²) in [6, 6.07) is 0. The average molecular weight is 371 g/mol. The molecule has 1 amide bonds. The second-order valence-electron chi connectivity index (χ2n) is 5.90. The Hall–Kier alpha value is -2.07. The van der Waals surface area contributed by atoms with E-state index in [1.54, 1.807) is 18.7 Å². The van der Waals surface area contributed by atoms with Crippen LogP contribution >= 0.6 is 0 Å². The summed E-state index contributed by atoms with van der Waals surface area (Å²) < 4.78 is 42.6. The summed E-state index contributed by atoms with van der Waals surface area (Å²) in [6.45, 7) is 5.18. The van der Waals surface area contributed by atoms with Gasteiger partial charge < -0.3 is 18.9 Å². The Bertz CT molecular complexity index is 766. The van der Waals surface area contributed by atoms with E-state index >= 15 is 0 Å². The fourth-order valence-corrected chi connectivity index (χ4v) is 4.71. The first kappa shape index (κ1) is 17.7. The van der Waals surface area contributed by atoms with Crippen molar-refractivity contribution in [2.45, 2.75) is 25.2 Å². The second kappa shape index (κ2) is 7.04. The Labute approximate surface area is 146 Å². The number of hydrogen-bond acceptors (Lipinski definition) is 7. The highest BCUT2D eigenvalue weighted by Gasteiger charge is 2.33. The van der Waals surface area contributed by atoms with Crippen molar-refractivity contribution in [2.75, 3.05) is 39.4 Å². The van der Waals surface area contributed by atoms with Gasteiger partial charge in [-0.2, -0.15) is 4.31 Å². The van der Waals surface area contributed by atoms with Gasteiger partial charge in [-0.05, 0) is 20.3 Å². The van der Waals surface area contributed by atoms with E-state index in [2.05, 4.69) is 5.16 Å². The molecule has 2 aliphatic heterocycles. The van der Waals surface area contributed by atoms with Gasteiger partial charge in [0.2, 0.25) is 15.8 Å². The van der Waals surface area contributed by atoms with Crippen molar-refractivity contribution in [2.24, 2.45) is 0 Å². The first-order valence-corrected chi connectivity index (χ1v) is 9.52. The predicted molar refractivity (Wildman–Crippen MR) is 85.9 cm³/mol. The van der Waals surface area contributed by atoms with Gasteiger partial charge in [0.05, 0.1) is 0 Å². The van der Waals surface area contributed by atoms with Crippen LogP contribution < -0.4 is 0 Å². The monoisotopic (exact) mass is 371 g/mol. The number of nitrogens with zero attached hydrogens (tertiary/aromatic N) is 3. The summed E-state index contributed by atoms with van der Waals surface area (Å²) >= 11 is 0. The molecule has 0 aromatic carbocycles. The van der Waals surface area contributed by atoms with E-state index in [4.69, 9.17) is 14.0 Å². The lowest BCUT2D eigenvalue weighted by Gasteiger charge is -2.24. The fourth-order valence-electron chi connectivity index (χ4n) is 2.95. The van der Waals surface area contributed by atoms with Crippen molar-refractivity contribution in [3.8, 4) is 0 Å². The number of aromatic nitrogens is 1. The normalized spacial score (nSPS) is 19.6. The van der Waals surface area contributed by atoms with Crippen LogP contribution in [-0.4, -0.2) is 68.1 Å². The van der Waals surface area contributed by atoms with Crippen LogP contribution in [-0.2, 0) is 24.3 Å². The lowest BCUT2D eigenvalue weighted by Crippen LogP contribution is -2.38. The zero-order valence-electron chi connectivity index (χ0n) is 14.2. The SMILES string of the molecule is Cc1noc(C)c1S(=O)(=O)N1CCCN(C(=O)C2=COCCO2)CC1. The molecule has 0 aliphatic carbocycles. The zero-order valence-corrected chi connectivity index (χ0v) is 15.0. The largest absolute Gasteiger partial charge is 0.494 e. The summed E-state index contributed by atoms with van der Waals surface area (Å²) in [4.78, 5) is 14.2. The highest BCUT2D eigenvalue weighted by molar-refractivity contribution is 7.89. The first-order valence-electron chi connectivity index (χ1n) is 8.08. The van der Waals surface area contributed by atoms with E-state index in [9.17, 15) is 13.2 Å². The van der Waals surface area contributed by atoms with Gasteiger partial charge in [-0.3, -0.25) is 4.79 Å². The number of sulfonamides is 1. The van der Waals surface area contributed by atoms with Crippen LogP contribution in [0.5, 0.6) is 0 Å². The maximum atomic E-state index is 12.9. The van der Waals surface area contributed by atoms with E-state index in [0.29, 0.717) is 38.4 Å². The molecule has 9 nitrogen and oxygen atoms in total. The highest BCUT2D eigenvalue weighted by atomic mass is 32.2. The Morgan fingerprint density at radius 1 is 1.16 bits per heavy atom. The van der Waals surface area contributed by atoms with Crippen LogP contribution in [0.2, 0.25) is 0 Å². The molecule has 2 aliphatic rings. The van der Waals surface area contributed by atoms with Crippen molar-refractivity contribution >= 4 is 15.9 Å². The minimum atomic E-state index is -3.71. The van der Waals surface area contributed by atoms with Crippen LogP contribution in [0.1, 0.15) is 17.9 Å². The molecule has 0 spiro atoms. The third kappa shape index (κ3) is 3.49. The standard InChI is InChI=1S/C15H21N3O6S/c1-11-14(12(2)24-16-11)25(20,21)18-5-3-4-17(6-7-18)15(19)13-10-22-8-9-23-13/h10H,3-9H2,1-2H3. The molecule has 3 heterocycles. The third-order valence-electron chi connectivity index (χ3n) is 4.17. The van der Waals surface area contributed by atoms with Crippen LogP contribution in [0, 0.1) is 13.8 Å². The molecule has 138 valence electrons. The summed E-state index contributed by atoms with van der Waals surface area (Å²) in [6.07, 6.45) is 1.84. The molecule has 1 saturated heterocycles. The van der Waals surface area contributed by atoms with Crippen LogP contribution in [0.3, 0.4) is 0 Å². The molecule has 1 aromatic heterocycles. The van der Waals surface area contributed by atoms with Crippen molar-refractivity contribution in [3.63, 3.8) is 0 Å². The molecule has 25 heavy (non-hydrogen) atoms. The quantitative estimate of drug-likeness (QED) is 0.758. The van der Waals surface area contributed by atoms with E-state index in [0.717, 1.165) is 0 Å². The number of carbonyl (C=O) groups is 1. The molecular formula is C15H21N3O6S. The van der Waals surface area contributed by atoms with Crippen LogP contribution in [0.15, 0.2) is 21.4 Å². The smallest absolute Gasteiger partial charge is 0.292 e. The molecule has 0 radical (unpaired) electrons. The Morgan fingerprint density at radius 2 is 1.96 bits per heavy atom. The second-order valence-corrected chi connectivity index (χ2v) is 7.78. The van der Waals surface area contributed by atoms with E-state index < -0.39 is 10.0 Å². The van der Waals surface area contributed by atoms with Gasteiger partial charge in [-0.15, -0.1) is 0 Å². The van der Waals surface area contributed by atoms with Gasteiger partial charge in [0.25, 0.3) is 5.91 Å². The number of carbonyl (C=O) groups excluding carboxylic acids is 1. The summed E-state index contributed by atoms with van der Waals surface area (Å²) in [5, 5.41) is 3.72. The van der Waals surface area contributed by atoms with Crippen molar-refractivity contribution in [1.29, 1.82) is 0 Å². The molecule has 10 heteroatoms. The van der Waals surface area contributed by atoms with E-state index in [1.807, 2.05) is 0 Å². The minimum absolute atomic E-state index is 0.110. The van der Waals surface area contributed by atoms with Crippen molar-refractivity contribution in [1.82, 2.24) is 14.4 Å². The zero-order chi connectivity index (χ0) is 18.0. The molecule has 0 bridgehead atoms. The first-order chi connectivity index (χ1) is 11.9. The molecule has 0 unspecified atom stereocenters. The van der Waals surface area contributed by atoms with Gasteiger partial charge in [-0.1, -0.05) is 5.16 Å². The van der Waals surface area contributed by atoms with Gasteiger partial charge in [0, 0.05) is 26.2 Å². The Morgan fingerprint density at radius 3 is 2.60 bits per heavy atom. The van der Waals surface area contributed by atoms with E-state index in [-0.39, 0.29) is 35.4 Å². The highest BCUT2D eigenvalue weighted by Crippen LogP contribution is 2.24. The number of aryl methyl sites for hydroxylation is 2. The van der Waals surface area contributed by atoms with Crippen LogP contribution in [0.4, 0.5) is 0 Å². The molecule has 3 rings (SSSR count). The molecule has 0 N–H and O–H groups in total. The van der Waals surface area contributed by atoms with Gasteiger partial charge in [0.15, 0.2) is 5.76 Å². The van der Waals surface area contributed by atoms with Gasteiger partial charge in [-0.25, -0.2) is 8.42 Å². The average Bonchev–Trinajstić information content (AvgIpc) is 2.81. The lowest BCUT2D eigenvalue weighted by atomic mass is 10.3. The maximum Gasteiger partial charge on any atom is 0.292 e. The lowest BCUT2D eigenvalue weighted by molar-refractivity contribution is -0.132. The maximum absolute atomic E-state index is 12.9. The number of rotatable bonds is 3. The summed E-state index contributed by atoms with van der Waals surface area (Å²) in [5.41, 5.74) is 0.340. The molecule has 0 saturated carbocycles. The topological polar surface area (TPSA) is 102 Å². The Balaban J connectivity index is 1.73. The van der Waals surface area contributed by atoms with Gasteiger partial charge >= 0.3 is 0 Å². The minimum Gasteiger partial charge on any atom is -0.494 e. The van der Waals surface area contributed by atoms with Crippen molar-refractivity contribution < 1.29 is 27.2 Å². The number of ether oxygens (including phenoxy) is 2. The third-order valence-corrected chi connectivity index (χ3v) is 6.31. The number of amides is 1. The van der Waals surface area contributed by atoms with Crippen LogP contribution in [0.25, 0.3) is 0 Å². The molecule has 1 fully saturated rings.